The van der Waals surface area contributed by atoms with Crippen LogP contribution in [0.5, 0.6) is 0 Å². The molecule has 0 radical (unpaired) electrons. The van der Waals surface area contributed by atoms with Gasteiger partial charge in [0.1, 0.15) is 5.56 Å². The van der Waals surface area contributed by atoms with E-state index in [2.05, 4.69) is 10.3 Å². The van der Waals surface area contributed by atoms with E-state index in [0.717, 1.165) is 26.2 Å². The molecule has 1 aliphatic rings. The van der Waals surface area contributed by atoms with Crippen LogP contribution >= 0.6 is 0 Å². The Kier molecular flexibility index (Phi) is 3.78. The molecule has 0 aliphatic carbocycles. The second-order valence-corrected chi connectivity index (χ2v) is 4.57. The molecule has 1 aromatic rings. The van der Waals surface area contributed by atoms with Crippen molar-refractivity contribution < 1.29 is 4.79 Å². The molecule has 0 unspecified atom stereocenters. The molecule has 6 nitrogen and oxygen atoms in total. The summed E-state index contributed by atoms with van der Waals surface area (Å²) in [5.74, 6) is -0.333. The Hall–Kier alpha value is -1.66. The molecule has 6 heteroatoms. The first kappa shape index (κ1) is 12.8. The van der Waals surface area contributed by atoms with Crippen LogP contribution < -0.4 is 11.0 Å². The van der Waals surface area contributed by atoms with Gasteiger partial charge in [0.25, 0.3) is 11.5 Å². The number of amides is 1. The maximum absolute atomic E-state index is 12.0. The van der Waals surface area contributed by atoms with Crippen LogP contribution in [0.4, 0.5) is 0 Å². The molecule has 0 aromatic carbocycles. The Morgan fingerprint density at radius 3 is 2.56 bits per heavy atom. The second-order valence-electron chi connectivity index (χ2n) is 4.57. The van der Waals surface area contributed by atoms with E-state index >= 15 is 0 Å². The van der Waals surface area contributed by atoms with Crippen LogP contribution in [-0.2, 0) is 7.05 Å². The topological polar surface area (TPSA) is 57.6 Å². The smallest absolute Gasteiger partial charge is 0.271 e. The van der Waals surface area contributed by atoms with E-state index in [1.807, 2.05) is 12.1 Å². The summed E-state index contributed by atoms with van der Waals surface area (Å²) in [6.07, 6.45) is 1.63. The highest BCUT2D eigenvalue weighted by atomic mass is 16.2. The summed E-state index contributed by atoms with van der Waals surface area (Å²) < 4.78 is 1.40. The lowest BCUT2D eigenvalue weighted by molar-refractivity contribution is 0.0660. The van der Waals surface area contributed by atoms with Crippen LogP contribution in [0.3, 0.4) is 0 Å². The first-order chi connectivity index (χ1) is 8.58. The van der Waals surface area contributed by atoms with Crippen LogP contribution in [0.1, 0.15) is 10.4 Å². The van der Waals surface area contributed by atoms with Gasteiger partial charge in [0.2, 0.25) is 0 Å². The minimum atomic E-state index is -0.333. The fourth-order valence-electron chi connectivity index (χ4n) is 1.89. The van der Waals surface area contributed by atoms with E-state index in [9.17, 15) is 9.59 Å². The number of nitrogens with one attached hydrogen (secondary N) is 1. The van der Waals surface area contributed by atoms with Crippen molar-refractivity contribution >= 4 is 5.91 Å². The number of aryl methyl sites for hydroxylation is 1. The first-order valence-corrected chi connectivity index (χ1v) is 5.98. The summed E-state index contributed by atoms with van der Waals surface area (Å²) in [5, 5.41) is 1.86. The van der Waals surface area contributed by atoms with Gasteiger partial charge in [-0.1, -0.05) is 0 Å². The lowest BCUT2D eigenvalue weighted by atomic mass is 10.2. The minimum Gasteiger partial charge on any atom is -0.318 e. The highest BCUT2D eigenvalue weighted by Gasteiger charge is 2.18. The Morgan fingerprint density at radius 1 is 1.22 bits per heavy atom. The molecule has 0 atom stereocenters. The van der Waals surface area contributed by atoms with Crippen molar-refractivity contribution in [2.24, 2.45) is 7.05 Å². The third-order valence-electron chi connectivity index (χ3n) is 3.13. The quantitative estimate of drug-likeness (QED) is 0.752. The molecule has 0 bridgehead atoms. The Labute approximate surface area is 106 Å². The fraction of sp³-hybridized carbons (Fsp3) is 0.500. The second kappa shape index (κ2) is 5.32. The van der Waals surface area contributed by atoms with Crippen LogP contribution in [0.15, 0.2) is 23.1 Å². The average Bonchev–Trinajstić information content (AvgIpc) is 2.35. The molecule has 1 N–H and O–H groups in total. The van der Waals surface area contributed by atoms with Crippen molar-refractivity contribution in [3.8, 4) is 0 Å². The number of aromatic nitrogens is 1. The van der Waals surface area contributed by atoms with E-state index in [1.54, 1.807) is 25.4 Å². The lowest BCUT2D eigenvalue weighted by Gasteiger charge is -2.32. The summed E-state index contributed by atoms with van der Waals surface area (Å²) in [4.78, 5) is 26.0. The van der Waals surface area contributed by atoms with Gasteiger partial charge in [-0.2, -0.15) is 0 Å². The van der Waals surface area contributed by atoms with Crippen LogP contribution in [-0.4, -0.2) is 53.6 Å². The zero-order valence-corrected chi connectivity index (χ0v) is 10.7. The van der Waals surface area contributed by atoms with Gasteiger partial charge in [0, 0.05) is 39.4 Å². The zero-order valence-electron chi connectivity index (χ0n) is 10.7. The van der Waals surface area contributed by atoms with E-state index in [4.69, 9.17) is 0 Å². The highest BCUT2D eigenvalue weighted by molar-refractivity contribution is 5.93. The molecule has 1 fully saturated rings. The molecule has 2 rings (SSSR count). The summed E-state index contributed by atoms with van der Waals surface area (Å²) >= 11 is 0. The van der Waals surface area contributed by atoms with Crippen LogP contribution in [0, 0.1) is 0 Å². The first-order valence-electron chi connectivity index (χ1n) is 5.98. The van der Waals surface area contributed by atoms with Gasteiger partial charge in [-0.05, 0) is 19.2 Å². The van der Waals surface area contributed by atoms with Gasteiger partial charge in [-0.25, -0.2) is 5.01 Å². The Morgan fingerprint density at radius 2 is 1.89 bits per heavy atom. The third-order valence-corrected chi connectivity index (χ3v) is 3.13. The number of hydrogen-bond acceptors (Lipinski definition) is 4. The van der Waals surface area contributed by atoms with Crippen molar-refractivity contribution in [1.29, 1.82) is 0 Å². The van der Waals surface area contributed by atoms with E-state index < -0.39 is 0 Å². The van der Waals surface area contributed by atoms with Gasteiger partial charge in [0.15, 0.2) is 0 Å². The van der Waals surface area contributed by atoms with E-state index in [1.165, 1.54) is 4.57 Å². The Bertz CT molecular complexity index is 489. The predicted molar refractivity (Wildman–Crippen MR) is 68.2 cm³/mol. The summed E-state index contributed by atoms with van der Waals surface area (Å²) in [7, 11) is 3.68. The maximum Gasteiger partial charge on any atom is 0.271 e. The van der Waals surface area contributed by atoms with Gasteiger partial charge >= 0.3 is 0 Å². The summed E-state index contributed by atoms with van der Waals surface area (Å²) in [5.41, 5.74) is 2.68. The normalized spacial score (nSPS) is 17.7. The molecule has 1 amide bonds. The van der Waals surface area contributed by atoms with E-state index in [-0.39, 0.29) is 17.0 Å². The molecule has 0 saturated carbocycles. The van der Waals surface area contributed by atoms with Gasteiger partial charge in [-0.15, -0.1) is 0 Å². The van der Waals surface area contributed by atoms with Crippen molar-refractivity contribution in [2.75, 3.05) is 33.2 Å². The average molecular weight is 250 g/mol. The van der Waals surface area contributed by atoms with Gasteiger partial charge in [0.05, 0.1) is 0 Å². The summed E-state index contributed by atoms with van der Waals surface area (Å²) in [6.45, 7) is 3.37. The number of nitrogens with zero attached hydrogens (tertiary/aromatic N) is 3. The molecule has 1 aliphatic heterocycles. The zero-order chi connectivity index (χ0) is 13.1. The van der Waals surface area contributed by atoms with Crippen molar-refractivity contribution in [3.05, 3.63) is 34.2 Å². The largest absolute Gasteiger partial charge is 0.318 e. The molecule has 0 spiro atoms. The van der Waals surface area contributed by atoms with Crippen molar-refractivity contribution in [1.82, 2.24) is 19.9 Å². The molecule has 18 heavy (non-hydrogen) atoms. The van der Waals surface area contributed by atoms with Crippen molar-refractivity contribution in [2.45, 2.75) is 0 Å². The molecule has 98 valence electrons. The molecule has 1 aromatic heterocycles. The lowest BCUT2D eigenvalue weighted by Crippen LogP contribution is -2.53. The van der Waals surface area contributed by atoms with Gasteiger partial charge in [-0.3, -0.25) is 15.0 Å². The number of hydrogen-bond donors (Lipinski definition) is 1. The number of carbonyl (C=O) groups is 1. The van der Waals surface area contributed by atoms with Crippen LogP contribution in [0.25, 0.3) is 0 Å². The molecular weight excluding hydrogens is 232 g/mol. The van der Waals surface area contributed by atoms with Gasteiger partial charge < -0.3 is 9.47 Å². The SMILES string of the molecule is CN1CCN(NC(=O)c2cccn(C)c2=O)CC1. The predicted octanol–water partition coefficient (Wildman–Crippen LogP) is -0.722. The number of piperazine rings is 1. The number of likely N-dealkylation sites (N-methyl/N-ethyl adjacent to an activating group) is 1. The van der Waals surface area contributed by atoms with Crippen molar-refractivity contribution in [3.63, 3.8) is 0 Å². The number of carbonyl (C=O) groups excluding carboxylic acids is 1. The standard InChI is InChI=1S/C12H18N4O2/c1-14-6-8-16(9-7-14)13-11(17)10-4-3-5-15(2)12(10)18/h3-5H,6-9H2,1-2H3,(H,13,17). The van der Waals surface area contributed by atoms with E-state index in [0.29, 0.717) is 0 Å². The molecule has 1 saturated heterocycles. The monoisotopic (exact) mass is 250 g/mol. The summed E-state index contributed by atoms with van der Waals surface area (Å²) in [6, 6.07) is 3.24. The number of pyridine rings is 1. The minimum absolute atomic E-state index is 0.180. The highest BCUT2D eigenvalue weighted by Crippen LogP contribution is 1.97. The third kappa shape index (κ3) is 2.77. The van der Waals surface area contributed by atoms with Crippen LogP contribution in [0.2, 0.25) is 0 Å². The number of rotatable bonds is 2. The molecule has 2 heterocycles. The molecular formula is C12H18N4O2. The maximum atomic E-state index is 12.0. The Balaban J connectivity index is 2.04. The number of hydrazine groups is 1. The fourth-order valence-corrected chi connectivity index (χ4v) is 1.89.